The standard InChI is InChI=1S/C10H12N.BrH/c1-8-7-9-5-3-4-6-10(9)11(8)2;/h3-6H,7H2,1-2H3;1H/q+1;/p-1. The second-order valence-electron chi connectivity index (χ2n) is 3.10. The fourth-order valence-electron chi connectivity index (χ4n) is 1.59. The van der Waals surface area contributed by atoms with Crippen molar-refractivity contribution in [1.29, 1.82) is 0 Å². The van der Waals surface area contributed by atoms with Crippen molar-refractivity contribution in [2.45, 2.75) is 13.3 Å². The molecule has 12 heavy (non-hydrogen) atoms. The number of para-hydroxylation sites is 1. The molecule has 0 N–H and O–H groups in total. The zero-order valence-electron chi connectivity index (χ0n) is 7.34. The summed E-state index contributed by atoms with van der Waals surface area (Å²) in [4.78, 5) is 0. The first-order valence-corrected chi connectivity index (χ1v) is 3.93. The van der Waals surface area contributed by atoms with Gasteiger partial charge in [0.05, 0.1) is 6.42 Å². The minimum absolute atomic E-state index is 0. The molecular formula is C10H12BrN. The van der Waals surface area contributed by atoms with Crippen molar-refractivity contribution in [2.24, 2.45) is 0 Å². The molecule has 0 aliphatic carbocycles. The van der Waals surface area contributed by atoms with Gasteiger partial charge in [-0.05, 0) is 0 Å². The Balaban J connectivity index is 0.000000720. The fraction of sp³-hybridized carbons (Fsp3) is 0.300. The second-order valence-corrected chi connectivity index (χ2v) is 3.10. The summed E-state index contributed by atoms with van der Waals surface area (Å²) in [7, 11) is 2.13. The maximum absolute atomic E-state index is 2.26. The van der Waals surface area contributed by atoms with Crippen molar-refractivity contribution < 1.29 is 21.6 Å². The highest BCUT2D eigenvalue weighted by molar-refractivity contribution is 5.84. The van der Waals surface area contributed by atoms with Crippen LogP contribution in [0.3, 0.4) is 0 Å². The van der Waals surface area contributed by atoms with E-state index in [0.29, 0.717) is 0 Å². The highest BCUT2D eigenvalue weighted by Crippen LogP contribution is 2.23. The van der Waals surface area contributed by atoms with Crippen LogP contribution in [0.4, 0.5) is 5.69 Å². The molecule has 2 heteroatoms. The highest BCUT2D eigenvalue weighted by Gasteiger charge is 2.21. The van der Waals surface area contributed by atoms with Crippen LogP contribution in [0.25, 0.3) is 0 Å². The van der Waals surface area contributed by atoms with Gasteiger partial charge in [-0.3, -0.25) is 0 Å². The van der Waals surface area contributed by atoms with E-state index in [1.807, 2.05) is 0 Å². The van der Waals surface area contributed by atoms with Gasteiger partial charge < -0.3 is 17.0 Å². The van der Waals surface area contributed by atoms with Gasteiger partial charge in [-0.2, -0.15) is 0 Å². The van der Waals surface area contributed by atoms with Crippen LogP contribution in [0.1, 0.15) is 12.5 Å². The maximum Gasteiger partial charge on any atom is 0.208 e. The Kier molecular flexibility index (Phi) is 2.68. The van der Waals surface area contributed by atoms with Gasteiger partial charge >= 0.3 is 0 Å². The van der Waals surface area contributed by atoms with Crippen molar-refractivity contribution in [3.05, 3.63) is 29.8 Å². The smallest absolute Gasteiger partial charge is 0.208 e. The Labute approximate surface area is 83.5 Å². The van der Waals surface area contributed by atoms with E-state index in [1.165, 1.54) is 17.0 Å². The van der Waals surface area contributed by atoms with Crippen LogP contribution in [0.5, 0.6) is 0 Å². The molecule has 64 valence electrons. The maximum atomic E-state index is 2.26. The molecule has 0 fully saturated rings. The number of fused-ring (bicyclic) bond motifs is 1. The molecular weight excluding hydrogens is 214 g/mol. The lowest BCUT2D eigenvalue weighted by Gasteiger charge is -1.91. The predicted molar refractivity (Wildman–Crippen MR) is 46.7 cm³/mol. The number of rotatable bonds is 0. The average molecular weight is 226 g/mol. The monoisotopic (exact) mass is 225 g/mol. The Bertz CT molecular complexity index is 328. The topological polar surface area (TPSA) is 3.01 Å². The number of hydrogen-bond acceptors (Lipinski definition) is 0. The van der Waals surface area contributed by atoms with Crippen LogP contribution < -0.4 is 17.0 Å². The molecule has 1 nitrogen and oxygen atoms in total. The van der Waals surface area contributed by atoms with Gasteiger partial charge in [0.2, 0.25) is 5.69 Å². The molecule has 0 aromatic heterocycles. The summed E-state index contributed by atoms with van der Waals surface area (Å²) in [6.45, 7) is 2.18. The molecule has 0 saturated carbocycles. The van der Waals surface area contributed by atoms with Crippen LogP contribution in [0.15, 0.2) is 24.3 Å². The quantitative estimate of drug-likeness (QED) is 0.498. The third-order valence-electron chi connectivity index (χ3n) is 2.37. The van der Waals surface area contributed by atoms with Crippen molar-refractivity contribution >= 4 is 11.4 Å². The first-order chi connectivity index (χ1) is 5.29. The van der Waals surface area contributed by atoms with E-state index in [9.17, 15) is 0 Å². The van der Waals surface area contributed by atoms with Crippen LogP contribution in [0, 0.1) is 0 Å². The summed E-state index contributed by atoms with van der Waals surface area (Å²) in [5, 5.41) is 0. The fourth-order valence-corrected chi connectivity index (χ4v) is 1.59. The zero-order chi connectivity index (χ0) is 7.84. The summed E-state index contributed by atoms with van der Waals surface area (Å²) in [5.41, 5.74) is 4.25. The molecule has 0 bridgehead atoms. The Hall–Kier alpha value is -0.630. The number of nitrogens with zero attached hydrogens (tertiary/aromatic N) is 1. The minimum atomic E-state index is 0. The summed E-state index contributed by atoms with van der Waals surface area (Å²) in [6, 6.07) is 8.56. The molecule has 0 radical (unpaired) electrons. The Morgan fingerprint density at radius 1 is 1.25 bits per heavy atom. The third-order valence-corrected chi connectivity index (χ3v) is 2.37. The number of halogens is 1. The molecule has 0 atom stereocenters. The SMILES string of the molecule is CC1=[N+](C)c2ccccc2C1.[Br-]. The molecule has 1 aromatic carbocycles. The molecule has 0 spiro atoms. The van der Waals surface area contributed by atoms with E-state index in [0.717, 1.165) is 6.42 Å². The van der Waals surface area contributed by atoms with Crippen molar-refractivity contribution in [1.82, 2.24) is 0 Å². The molecule has 1 aliphatic rings. The minimum Gasteiger partial charge on any atom is -1.00 e. The Morgan fingerprint density at radius 2 is 1.92 bits per heavy atom. The third kappa shape index (κ3) is 1.31. The van der Waals surface area contributed by atoms with Gasteiger partial charge in [-0.15, -0.1) is 0 Å². The molecule has 0 amide bonds. The summed E-state index contributed by atoms with van der Waals surface area (Å²) < 4.78 is 2.26. The zero-order valence-corrected chi connectivity index (χ0v) is 8.93. The Morgan fingerprint density at radius 3 is 2.58 bits per heavy atom. The molecule has 1 heterocycles. The normalized spacial score (nSPS) is 14.2. The molecule has 2 rings (SSSR count). The van der Waals surface area contributed by atoms with Gasteiger partial charge in [-0.1, -0.05) is 18.2 Å². The lowest BCUT2D eigenvalue weighted by molar-refractivity contribution is -0.402. The lowest BCUT2D eigenvalue weighted by atomic mass is 10.1. The van der Waals surface area contributed by atoms with E-state index in [2.05, 4.69) is 42.8 Å². The van der Waals surface area contributed by atoms with Gasteiger partial charge in [0.1, 0.15) is 7.05 Å². The largest absolute Gasteiger partial charge is 1.00 e. The van der Waals surface area contributed by atoms with E-state index >= 15 is 0 Å². The van der Waals surface area contributed by atoms with Gasteiger partial charge in [0.25, 0.3) is 0 Å². The average Bonchev–Trinajstić information content (AvgIpc) is 2.30. The first-order valence-electron chi connectivity index (χ1n) is 3.93. The van der Waals surface area contributed by atoms with E-state index in [4.69, 9.17) is 0 Å². The molecule has 1 aliphatic heterocycles. The summed E-state index contributed by atoms with van der Waals surface area (Å²) >= 11 is 0. The number of hydrogen-bond donors (Lipinski definition) is 0. The molecule has 0 unspecified atom stereocenters. The first kappa shape index (κ1) is 9.46. The van der Waals surface area contributed by atoms with E-state index < -0.39 is 0 Å². The summed E-state index contributed by atoms with van der Waals surface area (Å²) in [6.07, 6.45) is 1.12. The van der Waals surface area contributed by atoms with Crippen LogP contribution in [-0.2, 0) is 6.42 Å². The predicted octanol–water partition coefficient (Wildman–Crippen LogP) is -1.02. The van der Waals surface area contributed by atoms with Crippen LogP contribution in [-0.4, -0.2) is 17.3 Å². The lowest BCUT2D eigenvalue weighted by Crippen LogP contribution is -3.00. The van der Waals surface area contributed by atoms with Crippen molar-refractivity contribution in [3.8, 4) is 0 Å². The van der Waals surface area contributed by atoms with Crippen LogP contribution >= 0.6 is 0 Å². The van der Waals surface area contributed by atoms with Gasteiger partial charge in [0.15, 0.2) is 5.71 Å². The summed E-state index contributed by atoms with van der Waals surface area (Å²) in [5.74, 6) is 0. The highest BCUT2D eigenvalue weighted by atomic mass is 79.9. The number of benzene rings is 1. The van der Waals surface area contributed by atoms with Crippen molar-refractivity contribution in [3.63, 3.8) is 0 Å². The molecule has 0 saturated heterocycles. The van der Waals surface area contributed by atoms with Gasteiger partial charge in [0, 0.05) is 18.6 Å². The van der Waals surface area contributed by atoms with Gasteiger partial charge in [-0.25, -0.2) is 4.58 Å². The van der Waals surface area contributed by atoms with Crippen molar-refractivity contribution in [2.75, 3.05) is 7.05 Å². The van der Waals surface area contributed by atoms with E-state index in [1.54, 1.807) is 0 Å². The van der Waals surface area contributed by atoms with Crippen LogP contribution in [0.2, 0.25) is 0 Å². The van der Waals surface area contributed by atoms with E-state index in [-0.39, 0.29) is 17.0 Å². The second kappa shape index (κ2) is 3.40. The molecule has 1 aromatic rings.